The molecule has 0 radical (unpaired) electrons. The lowest BCUT2D eigenvalue weighted by Gasteiger charge is -2.11. The number of ether oxygens (including phenoxy) is 2. The van der Waals surface area contributed by atoms with E-state index in [-0.39, 0.29) is 6.61 Å². The Labute approximate surface area is 203 Å². The Morgan fingerprint density at radius 3 is 1.91 bits per heavy atom. The lowest BCUT2D eigenvalue weighted by atomic mass is 10.1. The number of hydrogen-bond donors (Lipinski definition) is 0. The van der Waals surface area contributed by atoms with E-state index in [2.05, 4.69) is 23.8 Å². The Morgan fingerprint density at radius 1 is 0.676 bits per heavy atom. The molecule has 3 aromatic rings. The van der Waals surface area contributed by atoms with Crippen molar-refractivity contribution in [1.82, 2.24) is 9.97 Å². The standard InChI is InChI=1S/C29H37FN2O2/c1-3-5-7-8-10-26(30)22-34-28-15-11-23(12-16-28)25-20-31-29(32-21-25)24-13-17-27(18-14-24)33-19-9-6-4-2/h11-18,20-21,26H,3-10,19,22H2,1-2H3. The molecule has 0 aliphatic carbocycles. The van der Waals surface area contributed by atoms with Crippen molar-refractivity contribution in [2.75, 3.05) is 13.2 Å². The van der Waals surface area contributed by atoms with E-state index in [0.717, 1.165) is 54.7 Å². The molecule has 0 spiro atoms. The van der Waals surface area contributed by atoms with Gasteiger partial charge < -0.3 is 9.47 Å². The molecule has 0 N–H and O–H groups in total. The summed E-state index contributed by atoms with van der Waals surface area (Å²) >= 11 is 0. The van der Waals surface area contributed by atoms with Crippen LogP contribution in [0.2, 0.25) is 0 Å². The Balaban J connectivity index is 1.49. The maximum atomic E-state index is 14.0. The fraction of sp³-hybridized carbons (Fsp3) is 0.448. The van der Waals surface area contributed by atoms with Crippen LogP contribution in [-0.4, -0.2) is 29.4 Å². The summed E-state index contributed by atoms with van der Waals surface area (Å²) in [7, 11) is 0. The van der Waals surface area contributed by atoms with E-state index in [4.69, 9.17) is 9.47 Å². The second kappa shape index (κ2) is 14.3. The van der Waals surface area contributed by atoms with Crippen LogP contribution in [0.25, 0.3) is 22.5 Å². The van der Waals surface area contributed by atoms with Crippen LogP contribution in [0.5, 0.6) is 11.5 Å². The third kappa shape index (κ3) is 8.44. The maximum Gasteiger partial charge on any atom is 0.159 e. The highest BCUT2D eigenvalue weighted by Crippen LogP contribution is 2.24. The first kappa shape index (κ1) is 25.7. The first-order valence-electron chi connectivity index (χ1n) is 12.6. The van der Waals surface area contributed by atoms with Crippen LogP contribution >= 0.6 is 0 Å². The Hall–Kier alpha value is -2.95. The summed E-state index contributed by atoms with van der Waals surface area (Å²) in [5, 5.41) is 0. The van der Waals surface area contributed by atoms with Crippen LogP contribution in [0.15, 0.2) is 60.9 Å². The third-order valence-electron chi connectivity index (χ3n) is 5.77. The number of alkyl halides is 1. The number of benzene rings is 2. The Morgan fingerprint density at radius 2 is 1.26 bits per heavy atom. The van der Waals surface area contributed by atoms with E-state index in [0.29, 0.717) is 18.0 Å². The molecule has 4 nitrogen and oxygen atoms in total. The van der Waals surface area contributed by atoms with Crippen LogP contribution in [0.3, 0.4) is 0 Å². The van der Waals surface area contributed by atoms with Gasteiger partial charge in [-0.25, -0.2) is 14.4 Å². The van der Waals surface area contributed by atoms with Gasteiger partial charge in [-0.1, -0.05) is 64.5 Å². The van der Waals surface area contributed by atoms with E-state index < -0.39 is 6.17 Å². The molecule has 0 bridgehead atoms. The van der Waals surface area contributed by atoms with Crippen molar-refractivity contribution < 1.29 is 13.9 Å². The van der Waals surface area contributed by atoms with Crippen LogP contribution in [0, 0.1) is 0 Å². The fourth-order valence-electron chi connectivity index (χ4n) is 3.67. The second-order valence-electron chi connectivity index (χ2n) is 8.66. The number of hydrogen-bond acceptors (Lipinski definition) is 4. The van der Waals surface area contributed by atoms with Crippen LogP contribution in [0.1, 0.15) is 65.2 Å². The van der Waals surface area contributed by atoms with Crippen molar-refractivity contribution in [1.29, 1.82) is 0 Å². The zero-order chi connectivity index (χ0) is 24.0. The molecule has 0 saturated heterocycles. The van der Waals surface area contributed by atoms with Crippen molar-refractivity contribution in [3.05, 3.63) is 60.9 Å². The molecule has 1 atom stereocenters. The van der Waals surface area contributed by atoms with Crippen molar-refractivity contribution in [3.63, 3.8) is 0 Å². The molecule has 0 aliphatic heterocycles. The number of aromatic nitrogens is 2. The van der Waals surface area contributed by atoms with Crippen molar-refractivity contribution in [2.24, 2.45) is 0 Å². The topological polar surface area (TPSA) is 44.2 Å². The highest BCUT2D eigenvalue weighted by atomic mass is 19.1. The van der Waals surface area contributed by atoms with E-state index in [1.807, 2.05) is 60.9 Å². The van der Waals surface area contributed by atoms with Gasteiger partial charge in [-0.05, 0) is 54.8 Å². The van der Waals surface area contributed by atoms with Gasteiger partial charge in [-0.2, -0.15) is 0 Å². The summed E-state index contributed by atoms with van der Waals surface area (Å²) in [6.45, 7) is 5.19. The van der Waals surface area contributed by atoms with Gasteiger partial charge >= 0.3 is 0 Å². The van der Waals surface area contributed by atoms with E-state index in [1.165, 1.54) is 19.3 Å². The summed E-state index contributed by atoms with van der Waals surface area (Å²) in [4.78, 5) is 9.06. The zero-order valence-corrected chi connectivity index (χ0v) is 20.5. The van der Waals surface area contributed by atoms with Crippen LogP contribution < -0.4 is 9.47 Å². The van der Waals surface area contributed by atoms with E-state index in [1.54, 1.807) is 0 Å². The molecule has 0 fully saturated rings. The number of nitrogens with zero attached hydrogens (tertiary/aromatic N) is 2. The molecule has 0 amide bonds. The minimum atomic E-state index is -0.917. The predicted octanol–water partition coefficient (Wildman–Crippen LogP) is 8.07. The molecule has 0 aliphatic rings. The van der Waals surface area contributed by atoms with Gasteiger partial charge in [0.25, 0.3) is 0 Å². The number of rotatable bonds is 15. The highest BCUT2D eigenvalue weighted by Gasteiger charge is 2.08. The monoisotopic (exact) mass is 464 g/mol. The van der Waals surface area contributed by atoms with Gasteiger partial charge in [0.05, 0.1) is 6.61 Å². The van der Waals surface area contributed by atoms with E-state index in [9.17, 15) is 4.39 Å². The first-order chi connectivity index (χ1) is 16.7. The fourth-order valence-corrected chi connectivity index (χ4v) is 3.67. The van der Waals surface area contributed by atoms with Gasteiger partial charge in [0.2, 0.25) is 0 Å². The van der Waals surface area contributed by atoms with Crippen molar-refractivity contribution in [3.8, 4) is 34.0 Å². The lowest BCUT2D eigenvalue weighted by molar-refractivity contribution is 0.184. The molecule has 3 rings (SSSR count). The molecule has 5 heteroatoms. The Kier molecular flexibility index (Phi) is 10.8. The summed E-state index contributed by atoms with van der Waals surface area (Å²) in [6, 6.07) is 15.5. The van der Waals surface area contributed by atoms with Crippen LogP contribution in [-0.2, 0) is 0 Å². The lowest BCUT2D eigenvalue weighted by Crippen LogP contribution is -2.12. The Bertz CT molecular complexity index is 943. The highest BCUT2D eigenvalue weighted by molar-refractivity contribution is 5.64. The summed E-state index contributed by atoms with van der Waals surface area (Å²) < 4.78 is 25.4. The largest absolute Gasteiger partial charge is 0.494 e. The molecule has 1 aromatic heterocycles. The molecular weight excluding hydrogens is 427 g/mol. The molecule has 2 aromatic carbocycles. The van der Waals surface area contributed by atoms with Gasteiger partial charge in [0.15, 0.2) is 5.82 Å². The quantitative estimate of drug-likeness (QED) is 0.213. The average Bonchev–Trinajstić information content (AvgIpc) is 2.89. The van der Waals surface area contributed by atoms with Gasteiger partial charge in [-0.15, -0.1) is 0 Å². The van der Waals surface area contributed by atoms with Gasteiger partial charge in [-0.3, -0.25) is 0 Å². The summed E-state index contributed by atoms with van der Waals surface area (Å²) in [5.41, 5.74) is 2.86. The molecule has 34 heavy (non-hydrogen) atoms. The average molecular weight is 465 g/mol. The molecule has 182 valence electrons. The zero-order valence-electron chi connectivity index (χ0n) is 20.5. The van der Waals surface area contributed by atoms with Gasteiger partial charge in [0, 0.05) is 23.5 Å². The molecular formula is C29H37FN2O2. The molecule has 1 heterocycles. The SMILES string of the molecule is CCCCCCC(F)COc1ccc(-c2cnc(-c3ccc(OCCCCC)cc3)nc2)cc1. The smallest absolute Gasteiger partial charge is 0.159 e. The molecule has 1 unspecified atom stereocenters. The van der Waals surface area contributed by atoms with Gasteiger partial charge in [0.1, 0.15) is 24.3 Å². The summed E-state index contributed by atoms with van der Waals surface area (Å²) in [5.74, 6) is 2.22. The number of halogens is 1. The normalized spacial score (nSPS) is 11.9. The first-order valence-corrected chi connectivity index (χ1v) is 12.6. The summed E-state index contributed by atoms with van der Waals surface area (Å²) in [6.07, 6.45) is 11.1. The minimum absolute atomic E-state index is 0.103. The molecule has 0 saturated carbocycles. The number of unbranched alkanes of at least 4 members (excludes halogenated alkanes) is 5. The predicted molar refractivity (Wildman–Crippen MR) is 137 cm³/mol. The van der Waals surface area contributed by atoms with Crippen LogP contribution in [0.4, 0.5) is 4.39 Å². The second-order valence-corrected chi connectivity index (χ2v) is 8.66. The third-order valence-corrected chi connectivity index (χ3v) is 5.77. The van der Waals surface area contributed by atoms with E-state index >= 15 is 0 Å². The minimum Gasteiger partial charge on any atom is -0.494 e. The van der Waals surface area contributed by atoms with Crippen molar-refractivity contribution >= 4 is 0 Å². The van der Waals surface area contributed by atoms with Crippen molar-refractivity contribution in [2.45, 2.75) is 71.4 Å². The maximum absolute atomic E-state index is 14.0.